The average Bonchev–Trinajstić information content (AvgIpc) is 2.18. The first-order valence-corrected chi connectivity index (χ1v) is 5.26. The van der Waals surface area contributed by atoms with Crippen LogP contribution in [-0.2, 0) is 5.41 Å². The Morgan fingerprint density at radius 3 is 2.57 bits per heavy atom. The molecule has 3 heteroatoms. The SMILES string of the molecule is COc1cccc(C(C)(C)CO)c1Br. The summed E-state index contributed by atoms with van der Waals surface area (Å²) in [6, 6.07) is 5.81. The molecule has 0 aliphatic heterocycles. The van der Waals surface area contributed by atoms with E-state index in [1.807, 2.05) is 32.0 Å². The summed E-state index contributed by atoms with van der Waals surface area (Å²) in [7, 11) is 1.63. The van der Waals surface area contributed by atoms with E-state index in [1.54, 1.807) is 7.11 Å². The summed E-state index contributed by atoms with van der Waals surface area (Å²) < 4.78 is 6.11. The number of benzene rings is 1. The topological polar surface area (TPSA) is 29.5 Å². The van der Waals surface area contributed by atoms with Gasteiger partial charge in [0.25, 0.3) is 0 Å². The maximum atomic E-state index is 9.27. The quantitative estimate of drug-likeness (QED) is 0.904. The van der Waals surface area contributed by atoms with E-state index in [1.165, 1.54) is 0 Å². The highest BCUT2D eigenvalue weighted by Gasteiger charge is 2.23. The zero-order valence-corrected chi connectivity index (χ0v) is 10.3. The van der Waals surface area contributed by atoms with Gasteiger partial charge in [-0.3, -0.25) is 0 Å². The van der Waals surface area contributed by atoms with Crippen molar-refractivity contribution in [1.29, 1.82) is 0 Å². The molecule has 0 amide bonds. The van der Waals surface area contributed by atoms with Crippen LogP contribution in [0.1, 0.15) is 19.4 Å². The molecule has 14 heavy (non-hydrogen) atoms. The predicted octanol–water partition coefficient (Wildman–Crippen LogP) is 2.73. The van der Waals surface area contributed by atoms with Crippen LogP contribution < -0.4 is 4.74 Å². The Balaban J connectivity index is 3.22. The first-order chi connectivity index (χ1) is 6.53. The first kappa shape index (κ1) is 11.5. The van der Waals surface area contributed by atoms with Crippen LogP contribution in [0.3, 0.4) is 0 Å². The van der Waals surface area contributed by atoms with Crippen molar-refractivity contribution in [2.24, 2.45) is 0 Å². The zero-order chi connectivity index (χ0) is 10.8. The predicted molar refractivity (Wildman–Crippen MR) is 60.8 cm³/mol. The fraction of sp³-hybridized carbons (Fsp3) is 0.455. The highest BCUT2D eigenvalue weighted by molar-refractivity contribution is 9.10. The van der Waals surface area contributed by atoms with Gasteiger partial charge in [-0.2, -0.15) is 0 Å². The first-order valence-electron chi connectivity index (χ1n) is 4.47. The lowest BCUT2D eigenvalue weighted by molar-refractivity contribution is 0.217. The van der Waals surface area contributed by atoms with Crippen molar-refractivity contribution in [3.63, 3.8) is 0 Å². The van der Waals surface area contributed by atoms with Gasteiger partial charge in [0.1, 0.15) is 5.75 Å². The summed E-state index contributed by atoms with van der Waals surface area (Å²) in [5.41, 5.74) is 0.798. The smallest absolute Gasteiger partial charge is 0.133 e. The van der Waals surface area contributed by atoms with E-state index < -0.39 is 0 Å². The lowest BCUT2D eigenvalue weighted by Crippen LogP contribution is -2.22. The summed E-state index contributed by atoms with van der Waals surface area (Å²) in [5, 5.41) is 9.27. The molecule has 0 aromatic heterocycles. The largest absolute Gasteiger partial charge is 0.496 e. The number of halogens is 1. The summed E-state index contributed by atoms with van der Waals surface area (Å²) >= 11 is 3.48. The number of hydrogen-bond acceptors (Lipinski definition) is 2. The Hall–Kier alpha value is -0.540. The molecule has 0 heterocycles. The summed E-state index contributed by atoms with van der Waals surface area (Å²) in [6.45, 7) is 4.10. The molecule has 0 unspecified atom stereocenters. The summed E-state index contributed by atoms with van der Waals surface area (Å²) in [5.74, 6) is 0.795. The van der Waals surface area contributed by atoms with Crippen molar-refractivity contribution in [1.82, 2.24) is 0 Å². The van der Waals surface area contributed by atoms with Gasteiger partial charge in [-0.15, -0.1) is 0 Å². The molecular formula is C11H15BrO2. The third kappa shape index (κ3) is 2.10. The Bertz CT molecular complexity index is 321. The normalized spacial score (nSPS) is 11.5. The van der Waals surface area contributed by atoms with Crippen LogP contribution >= 0.6 is 15.9 Å². The van der Waals surface area contributed by atoms with Gasteiger partial charge in [-0.1, -0.05) is 26.0 Å². The van der Waals surface area contributed by atoms with Crippen molar-refractivity contribution in [2.45, 2.75) is 19.3 Å². The van der Waals surface area contributed by atoms with Gasteiger partial charge in [0.05, 0.1) is 18.2 Å². The summed E-state index contributed by atoms with van der Waals surface area (Å²) in [6.07, 6.45) is 0. The second-order valence-corrected chi connectivity index (χ2v) is 4.66. The van der Waals surface area contributed by atoms with Gasteiger partial charge in [0.15, 0.2) is 0 Å². The van der Waals surface area contributed by atoms with Gasteiger partial charge in [0, 0.05) is 5.41 Å². The lowest BCUT2D eigenvalue weighted by Gasteiger charge is -2.24. The number of methoxy groups -OCH3 is 1. The minimum Gasteiger partial charge on any atom is -0.496 e. The third-order valence-corrected chi connectivity index (χ3v) is 3.13. The van der Waals surface area contributed by atoms with Gasteiger partial charge in [0.2, 0.25) is 0 Å². The van der Waals surface area contributed by atoms with Gasteiger partial charge >= 0.3 is 0 Å². The standard InChI is InChI=1S/C11H15BrO2/c1-11(2,7-13)8-5-4-6-9(14-3)10(8)12/h4-6,13H,7H2,1-3H3. The molecule has 1 aromatic carbocycles. The molecule has 0 atom stereocenters. The minimum atomic E-state index is -0.257. The van der Waals surface area contributed by atoms with Crippen LogP contribution in [0.2, 0.25) is 0 Å². The average molecular weight is 259 g/mol. The van der Waals surface area contributed by atoms with E-state index in [2.05, 4.69) is 15.9 Å². The molecule has 78 valence electrons. The Labute approximate surface area is 93.0 Å². The molecule has 1 rings (SSSR count). The monoisotopic (exact) mass is 258 g/mol. The fourth-order valence-corrected chi connectivity index (χ4v) is 2.24. The molecule has 0 radical (unpaired) electrons. The molecule has 0 saturated carbocycles. The van der Waals surface area contributed by atoms with Crippen molar-refractivity contribution in [3.05, 3.63) is 28.2 Å². The van der Waals surface area contributed by atoms with Crippen molar-refractivity contribution in [2.75, 3.05) is 13.7 Å². The number of rotatable bonds is 3. The van der Waals surface area contributed by atoms with E-state index in [0.717, 1.165) is 15.8 Å². The van der Waals surface area contributed by atoms with Crippen LogP contribution in [0.25, 0.3) is 0 Å². The van der Waals surface area contributed by atoms with Crippen LogP contribution in [0, 0.1) is 0 Å². The van der Waals surface area contributed by atoms with E-state index in [9.17, 15) is 5.11 Å². The maximum Gasteiger partial charge on any atom is 0.133 e. The van der Waals surface area contributed by atoms with Crippen LogP contribution in [0.4, 0.5) is 0 Å². The second-order valence-electron chi connectivity index (χ2n) is 3.86. The van der Waals surface area contributed by atoms with Crippen LogP contribution in [0.5, 0.6) is 5.75 Å². The van der Waals surface area contributed by atoms with Crippen molar-refractivity contribution in [3.8, 4) is 5.75 Å². The molecule has 1 aromatic rings. The van der Waals surface area contributed by atoms with Gasteiger partial charge in [-0.25, -0.2) is 0 Å². The van der Waals surface area contributed by atoms with Crippen LogP contribution in [-0.4, -0.2) is 18.8 Å². The Morgan fingerprint density at radius 2 is 2.07 bits per heavy atom. The lowest BCUT2D eigenvalue weighted by atomic mass is 9.85. The maximum absolute atomic E-state index is 9.27. The molecular weight excluding hydrogens is 244 g/mol. The van der Waals surface area contributed by atoms with Crippen molar-refractivity contribution < 1.29 is 9.84 Å². The van der Waals surface area contributed by atoms with Crippen molar-refractivity contribution >= 4 is 15.9 Å². The Morgan fingerprint density at radius 1 is 1.43 bits per heavy atom. The van der Waals surface area contributed by atoms with E-state index in [4.69, 9.17) is 4.74 Å². The number of aliphatic hydroxyl groups excluding tert-OH is 1. The van der Waals surface area contributed by atoms with Gasteiger partial charge in [-0.05, 0) is 27.6 Å². The molecule has 0 aliphatic carbocycles. The molecule has 2 nitrogen and oxygen atoms in total. The fourth-order valence-electron chi connectivity index (χ4n) is 1.28. The molecule has 0 saturated heterocycles. The zero-order valence-electron chi connectivity index (χ0n) is 8.67. The molecule has 0 spiro atoms. The molecule has 0 bridgehead atoms. The highest BCUT2D eigenvalue weighted by Crippen LogP contribution is 2.35. The molecule has 0 fully saturated rings. The number of aliphatic hydroxyl groups is 1. The van der Waals surface area contributed by atoms with Crippen LogP contribution in [0.15, 0.2) is 22.7 Å². The second kappa shape index (κ2) is 4.32. The minimum absolute atomic E-state index is 0.110. The molecule has 1 N–H and O–H groups in total. The van der Waals surface area contributed by atoms with E-state index >= 15 is 0 Å². The third-order valence-electron chi connectivity index (χ3n) is 2.31. The highest BCUT2D eigenvalue weighted by atomic mass is 79.9. The Kier molecular flexibility index (Phi) is 3.56. The summed E-state index contributed by atoms with van der Waals surface area (Å²) in [4.78, 5) is 0. The van der Waals surface area contributed by atoms with E-state index in [-0.39, 0.29) is 12.0 Å². The number of hydrogen-bond donors (Lipinski definition) is 1. The van der Waals surface area contributed by atoms with E-state index in [0.29, 0.717) is 0 Å². The molecule has 0 aliphatic rings. The van der Waals surface area contributed by atoms with Gasteiger partial charge < -0.3 is 9.84 Å². The number of ether oxygens (including phenoxy) is 1.